The molecule has 2 heterocycles. The van der Waals surface area contributed by atoms with E-state index >= 15 is 0 Å². The van der Waals surface area contributed by atoms with E-state index in [1.807, 2.05) is 22.7 Å². The van der Waals surface area contributed by atoms with Gasteiger partial charge in [-0.15, -0.1) is 22.7 Å². The number of benzene rings is 6. The van der Waals surface area contributed by atoms with Crippen molar-refractivity contribution in [2.75, 3.05) is 0 Å². The van der Waals surface area contributed by atoms with Crippen LogP contribution >= 0.6 is 22.7 Å². The van der Waals surface area contributed by atoms with E-state index in [2.05, 4.69) is 121 Å². The van der Waals surface area contributed by atoms with Gasteiger partial charge in [-0.3, -0.25) is 0 Å². The lowest BCUT2D eigenvalue weighted by atomic mass is 9.87. The molecule has 0 radical (unpaired) electrons. The summed E-state index contributed by atoms with van der Waals surface area (Å²) in [5.74, 6) is 0. The fraction of sp³-hybridized carbons (Fsp3) is 0. The summed E-state index contributed by atoms with van der Waals surface area (Å²) >= 11 is 3.87. The fourth-order valence-electron chi connectivity index (χ4n) is 5.75. The van der Waals surface area contributed by atoms with Crippen molar-refractivity contribution in [3.8, 4) is 22.3 Å². The van der Waals surface area contributed by atoms with Crippen molar-refractivity contribution in [2.45, 2.75) is 0 Å². The van der Waals surface area contributed by atoms with Crippen molar-refractivity contribution in [2.24, 2.45) is 0 Å². The van der Waals surface area contributed by atoms with Crippen LogP contribution in [0.15, 0.2) is 121 Å². The number of thiophene rings is 2. The first kappa shape index (κ1) is 20.2. The number of hydrogen-bond acceptors (Lipinski definition) is 2. The van der Waals surface area contributed by atoms with Crippen LogP contribution < -0.4 is 0 Å². The molecule has 0 aliphatic carbocycles. The molecule has 0 unspecified atom stereocenters. The normalized spacial score (nSPS) is 11.9. The van der Waals surface area contributed by atoms with Gasteiger partial charge in [-0.2, -0.15) is 0 Å². The topological polar surface area (TPSA) is 0 Å². The Bertz CT molecular complexity index is 1930. The highest BCUT2D eigenvalue weighted by atomic mass is 32.1. The predicted octanol–water partition coefficient (Wildman–Crippen LogP) is 10.9. The minimum absolute atomic E-state index is 1.26. The quantitative estimate of drug-likeness (QED) is 0.225. The Morgan fingerprint density at radius 1 is 0.333 bits per heavy atom. The lowest BCUT2D eigenvalue weighted by molar-refractivity contribution is 1.64. The average Bonchev–Trinajstić information content (AvgIpc) is 3.53. The van der Waals surface area contributed by atoms with E-state index < -0.39 is 0 Å². The third kappa shape index (κ3) is 2.80. The molecular weight excluding hydrogens is 473 g/mol. The van der Waals surface area contributed by atoms with E-state index in [1.165, 1.54) is 73.4 Å². The van der Waals surface area contributed by atoms with Crippen molar-refractivity contribution in [3.05, 3.63) is 121 Å². The predicted molar refractivity (Wildman–Crippen MR) is 161 cm³/mol. The Kier molecular flexibility index (Phi) is 4.36. The molecule has 6 aromatic carbocycles. The molecule has 0 nitrogen and oxygen atoms in total. The third-order valence-corrected chi connectivity index (χ3v) is 9.78. The van der Waals surface area contributed by atoms with E-state index in [4.69, 9.17) is 0 Å². The van der Waals surface area contributed by atoms with Gasteiger partial charge in [-0.05, 0) is 34.4 Å². The third-order valence-electron chi connectivity index (χ3n) is 7.27. The average molecular weight is 493 g/mol. The summed E-state index contributed by atoms with van der Waals surface area (Å²) in [4.78, 5) is 0. The molecule has 8 aromatic rings. The highest BCUT2D eigenvalue weighted by Crippen LogP contribution is 2.53. The van der Waals surface area contributed by atoms with Crippen LogP contribution in [0, 0.1) is 0 Å². The summed E-state index contributed by atoms with van der Waals surface area (Å²) < 4.78 is 5.51. The van der Waals surface area contributed by atoms with Crippen LogP contribution in [0.25, 0.3) is 73.4 Å². The molecule has 2 heteroatoms. The molecule has 0 N–H and O–H groups in total. The molecule has 0 aliphatic rings. The Hall–Kier alpha value is -3.98. The van der Waals surface area contributed by atoms with Crippen LogP contribution in [-0.2, 0) is 0 Å². The number of rotatable bonds is 2. The lowest BCUT2D eigenvalue weighted by Gasteiger charge is -2.16. The molecule has 168 valence electrons. The molecule has 36 heavy (non-hydrogen) atoms. The summed E-state index contributed by atoms with van der Waals surface area (Å²) in [6.07, 6.45) is 0. The number of hydrogen-bond donors (Lipinski definition) is 0. The molecular formula is C34H20S2. The molecule has 8 rings (SSSR count). The zero-order valence-electron chi connectivity index (χ0n) is 19.4. The second kappa shape index (κ2) is 7.76. The minimum atomic E-state index is 1.26. The van der Waals surface area contributed by atoms with E-state index in [0.29, 0.717) is 0 Å². The van der Waals surface area contributed by atoms with Gasteiger partial charge in [0.05, 0.1) is 9.40 Å². The maximum Gasteiger partial charge on any atom is 0.0540 e. The van der Waals surface area contributed by atoms with Gasteiger partial charge in [0.25, 0.3) is 0 Å². The van der Waals surface area contributed by atoms with Crippen LogP contribution in [0.4, 0.5) is 0 Å². The maximum atomic E-state index is 2.34. The van der Waals surface area contributed by atoms with Crippen LogP contribution in [0.3, 0.4) is 0 Å². The Labute approximate surface area is 216 Å². The van der Waals surface area contributed by atoms with Crippen molar-refractivity contribution >= 4 is 73.8 Å². The van der Waals surface area contributed by atoms with Gasteiger partial charge in [-0.1, -0.05) is 109 Å². The molecule has 0 saturated heterocycles. The first-order valence-corrected chi connectivity index (χ1v) is 13.8. The molecule has 0 bridgehead atoms. The van der Waals surface area contributed by atoms with Crippen LogP contribution in [0.1, 0.15) is 0 Å². The Morgan fingerprint density at radius 2 is 0.722 bits per heavy atom. The highest BCUT2D eigenvalue weighted by Gasteiger charge is 2.22. The zero-order valence-corrected chi connectivity index (χ0v) is 21.0. The van der Waals surface area contributed by atoms with Gasteiger partial charge in [-0.25, -0.2) is 0 Å². The van der Waals surface area contributed by atoms with Crippen molar-refractivity contribution < 1.29 is 0 Å². The Balaban J connectivity index is 1.74. The fourth-order valence-corrected chi connectivity index (χ4v) is 8.31. The summed E-state index contributed by atoms with van der Waals surface area (Å²) in [5, 5.41) is 8.22. The van der Waals surface area contributed by atoms with Gasteiger partial charge in [0.15, 0.2) is 0 Å². The molecule has 0 atom stereocenters. The van der Waals surface area contributed by atoms with E-state index in [9.17, 15) is 0 Å². The molecule has 0 fully saturated rings. The molecule has 0 saturated carbocycles. The van der Waals surface area contributed by atoms with Gasteiger partial charge >= 0.3 is 0 Å². The second-order valence-electron chi connectivity index (χ2n) is 9.25. The zero-order chi connectivity index (χ0) is 23.6. The van der Waals surface area contributed by atoms with E-state index in [-0.39, 0.29) is 0 Å². The molecule has 0 aliphatic heterocycles. The molecule has 2 aromatic heterocycles. The van der Waals surface area contributed by atoms with Gasteiger partial charge in [0, 0.05) is 41.7 Å². The van der Waals surface area contributed by atoms with E-state index in [0.717, 1.165) is 0 Å². The van der Waals surface area contributed by atoms with Crippen LogP contribution in [0.5, 0.6) is 0 Å². The van der Waals surface area contributed by atoms with Gasteiger partial charge < -0.3 is 0 Å². The van der Waals surface area contributed by atoms with Crippen LogP contribution in [-0.4, -0.2) is 0 Å². The second-order valence-corrected chi connectivity index (χ2v) is 11.4. The van der Waals surface area contributed by atoms with Crippen molar-refractivity contribution in [1.82, 2.24) is 0 Å². The minimum Gasteiger partial charge on any atom is -0.134 e. The van der Waals surface area contributed by atoms with Crippen LogP contribution in [0.2, 0.25) is 0 Å². The lowest BCUT2D eigenvalue weighted by Crippen LogP contribution is -1.88. The maximum absolute atomic E-state index is 2.34. The van der Waals surface area contributed by atoms with Crippen molar-refractivity contribution in [1.29, 1.82) is 0 Å². The summed E-state index contributed by atoms with van der Waals surface area (Å²) in [6.45, 7) is 0. The first-order valence-electron chi connectivity index (χ1n) is 12.2. The summed E-state index contributed by atoms with van der Waals surface area (Å²) in [7, 11) is 0. The largest absolute Gasteiger partial charge is 0.134 e. The number of fused-ring (bicyclic) bond motifs is 10. The van der Waals surface area contributed by atoms with Gasteiger partial charge in [0.2, 0.25) is 0 Å². The first-order chi connectivity index (χ1) is 17.9. The monoisotopic (exact) mass is 492 g/mol. The SMILES string of the molecule is c1ccc(-c2ccc(-c3ccccc3)c3c2c2c4ccccc4sc2c2sc4ccccc4c23)cc1. The standard InChI is InChI=1S/C34H20S2/c1-3-11-21(12-4-1)23-19-20-24(22-13-5-2-6-14-22)30-29(23)31-25-15-7-9-17-27(25)35-33(31)34-32(30)26-16-8-10-18-28(26)36-34/h1-20H. The summed E-state index contributed by atoms with van der Waals surface area (Å²) in [6, 6.07) is 44.3. The summed E-state index contributed by atoms with van der Waals surface area (Å²) in [5.41, 5.74) is 5.13. The smallest absolute Gasteiger partial charge is 0.0540 e. The molecule has 0 amide bonds. The van der Waals surface area contributed by atoms with Gasteiger partial charge in [0.1, 0.15) is 0 Å². The van der Waals surface area contributed by atoms with Crippen molar-refractivity contribution in [3.63, 3.8) is 0 Å². The Morgan fingerprint density at radius 3 is 1.17 bits per heavy atom. The highest BCUT2D eigenvalue weighted by molar-refractivity contribution is 7.33. The molecule has 0 spiro atoms. The van der Waals surface area contributed by atoms with E-state index in [1.54, 1.807) is 0 Å².